The number of aromatic carboxylic acids is 1. The van der Waals surface area contributed by atoms with E-state index < -0.39 is 5.97 Å². The summed E-state index contributed by atoms with van der Waals surface area (Å²) in [5.74, 6) is -0.249. The zero-order valence-electron chi connectivity index (χ0n) is 11.5. The van der Waals surface area contributed by atoms with Crippen LogP contribution in [0.25, 0.3) is 0 Å². The highest BCUT2D eigenvalue weighted by atomic mass is 16.4. The molecule has 0 unspecified atom stereocenters. The topological polar surface area (TPSA) is 78.4 Å². The van der Waals surface area contributed by atoms with Gasteiger partial charge in [-0.25, -0.2) is 14.8 Å². The van der Waals surface area contributed by atoms with Crippen molar-refractivity contribution in [2.45, 2.75) is 13.1 Å². The SMILES string of the molecule is O=C(O)c1ccc2c(c1)CN(CCNc1ncccn1)C2. The number of carboxylic acid groups (broad SMARTS) is 1. The number of hydrogen-bond acceptors (Lipinski definition) is 5. The number of fused-ring (bicyclic) bond motifs is 1. The van der Waals surface area contributed by atoms with E-state index in [-0.39, 0.29) is 0 Å². The second kappa shape index (κ2) is 5.88. The molecule has 1 aromatic heterocycles. The van der Waals surface area contributed by atoms with E-state index in [0.29, 0.717) is 11.5 Å². The lowest BCUT2D eigenvalue weighted by Crippen LogP contribution is -2.24. The maximum atomic E-state index is 11.0. The van der Waals surface area contributed by atoms with Gasteiger partial charge in [0.25, 0.3) is 0 Å². The third-order valence-electron chi connectivity index (χ3n) is 3.52. The van der Waals surface area contributed by atoms with Crippen molar-refractivity contribution in [3.8, 4) is 0 Å². The molecule has 0 amide bonds. The van der Waals surface area contributed by atoms with Crippen molar-refractivity contribution >= 4 is 11.9 Å². The zero-order valence-corrected chi connectivity index (χ0v) is 11.5. The van der Waals surface area contributed by atoms with E-state index in [4.69, 9.17) is 5.11 Å². The first-order chi connectivity index (χ1) is 10.2. The summed E-state index contributed by atoms with van der Waals surface area (Å²) in [4.78, 5) is 21.5. The van der Waals surface area contributed by atoms with Crippen molar-refractivity contribution in [2.24, 2.45) is 0 Å². The molecule has 1 aliphatic rings. The van der Waals surface area contributed by atoms with Crippen LogP contribution in [0.15, 0.2) is 36.7 Å². The number of anilines is 1. The van der Waals surface area contributed by atoms with Gasteiger partial charge in [0.2, 0.25) is 5.95 Å². The van der Waals surface area contributed by atoms with Gasteiger partial charge < -0.3 is 10.4 Å². The summed E-state index contributed by atoms with van der Waals surface area (Å²) in [5, 5.41) is 12.2. The Morgan fingerprint density at radius 2 is 2.00 bits per heavy atom. The molecule has 6 heteroatoms. The van der Waals surface area contributed by atoms with Gasteiger partial charge in [-0.15, -0.1) is 0 Å². The van der Waals surface area contributed by atoms with Gasteiger partial charge in [-0.1, -0.05) is 6.07 Å². The number of nitrogens with zero attached hydrogens (tertiary/aromatic N) is 3. The third kappa shape index (κ3) is 3.17. The van der Waals surface area contributed by atoms with Crippen LogP contribution in [0.5, 0.6) is 0 Å². The summed E-state index contributed by atoms with van der Waals surface area (Å²) in [5.41, 5.74) is 2.66. The fourth-order valence-electron chi connectivity index (χ4n) is 2.47. The molecule has 0 saturated heterocycles. The molecule has 0 atom stereocenters. The molecule has 21 heavy (non-hydrogen) atoms. The molecule has 0 aliphatic carbocycles. The summed E-state index contributed by atoms with van der Waals surface area (Å²) < 4.78 is 0. The van der Waals surface area contributed by atoms with E-state index in [0.717, 1.165) is 31.7 Å². The van der Waals surface area contributed by atoms with E-state index in [2.05, 4.69) is 20.2 Å². The van der Waals surface area contributed by atoms with Crippen LogP contribution in [0.1, 0.15) is 21.5 Å². The molecule has 2 aromatic rings. The zero-order chi connectivity index (χ0) is 14.7. The van der Waals surface area contributed by atoms with Crippen LogP contribution in [-0.4, -0.2) is 39.0 Å². The second-order valence-corrected chi connectivity index (χ2v) is 5.00. The van der Waals surface area contributed by atoms with Crippen molar-refractivity contribution in [3.05, 3.63) is 53.3 Å². The summed E-state index contributed by atoms with van der Waals surface area (Å²) in [7, 11) is 0. The normalized spacial score (nSPS) is 13.9. The number of rotatable bonds is 5. The number of benzene rings is 1. The van der Waals surface area contributed by atoms with Gasteiger partial charge in [-0.05, 0) is 29.3 Å². The molecule has 6 nitrogen and oxygen atoms in total. The van der Waals surface area contributed by atoms with E-state index in [1.54, 1.807) is 30.6 Å². The van der Waals surface area contributed by atoms with Crippen molar-refractivity contribution in [1.82, 2.24) is 14.9 Å². The largest absolute Gasteiger partial charge is 0.478 e. The number of aromatic nitrogens is 2. The Kier molecular flexibility index (Phi) is 3.79. The molecule has 0 radical (unpaired) electrons. The summed E-state index contributed by atoms with van der Waals surface area (Å²) in [6.45, 7) is 3.25. The lowest BCUT2D eigenvalue weighted by molar-refractivity contribution is 0.0696. The minimum absolute atomic E-state index is 0.353. The predicted molar refractivity (Wildman–Crippen MR) is 78.0 cm³/mol. The maximum absolute atomic E-state index is 11.0. The summed E-state index contributed by atoms with van der Waals surface area (Å²) >= 11 is 0. The first kappa shape index (κ1) is 13.5. The van der Waals surface area contributed by atoms with Crippen molar-refractivity contribution in [1.29, 1.82) is 0 Å². The molecule has 0 spiro atoms. The molecule has 0 fully saturated rings. The van der Waals surface area contributed by atoms with Crippen LogP contribution in [0.2, 0.25) is 0 Å². The molecule has 2 N–H and O–H groups in total. The van der Waals surface area contributed by atoms with Crippen LogP contribution in [-0.2, 0) is 13.1 Å². The fourth-order valence-corrected chi connectivity index (χ4v) is 2.47. The quantitative estimate of drug-likeness (QED) is 0.868. The predicted octanol–water partition coefficient (Wildman–Crippen LogP) is 1.60. The summed E-state index contributed by atoms with van der Waals surface area (Å²) in [6, 6.07) is 7.13. The molecule has 0 bridgehead atoms. The average Bonchev–Trinajstić information content (AvgIpc) is 2.90. The van der Waals surface area contributed by atoms with E-state index in [9.17, 15) is 4.79 Å². The Morgan fingerprint density at radius 3 is 2.76 bits per heavy atom. The van der Waals surface area contributed by atoms with Crippen molar-refractivity contribution in [3.63, 3.8) is 0 Å². The van der Waals surface area contributed by atoms with Crippen molar-refractivity contribution in [2.75, 3.05) is 18.4 Å². The standard InChI is InChI=1S/C15H16N4O2/c20-14(21)11-2-3-12-9-19(10-13(12)8-11)7-6-18-15-16-4-1-5-17-15/h1-5,8H,6-7,9-10H2,(H,20,21)(H,16,17,18). The fraction of sp³-hybridized carbons (Fsp3) is 0.267. The highest BCUT2D eigenvalue weighted by molar-refractivity contribution is 5.87. The average molecular weight is 284 g/mol. The first-order valence-corrected chi connectivity index (χ1v) is 6.81. The molecule has 108 valence electrons. The lowest BCUT2D eigenvalue weighted by atomic mass is 10.1. The Morgan fingerprint density at radius 1 is 1.24 bits per heavy atom. The smallest absolute Gasteiger partial charge is 0.335 e. The Labute approximate surface area is 122 Å². The van der Waals surface area contributed by atoms with Crippen LogP contribution < -0.4 is 5.32 Å². The lowest BCUT2D eigenvalue weighted by Gasteiger charge is -2.14. The highest BCUT2D eigenvalue weighted by Crippen LogP contribution is 2.23. The van der Waals surface area contributed by atoms with Crippen LogP contribution >= 0.6 is 0 Å². The molecule has 3 rings (SSSR count). The summed E-state index contributed by atoms with van der Waals surface area (Å²) in [6.07, 6.45) is 3.41. The minimum Gasteiger partial charge on any atom is -0.478 e. The Bertz CT molecular complexity index is 645. The number of nitrogens with one attached hydrogen (secondary N) is 1. The monoisotopic (exact) mass is 284 g/mol. The molecule has 1 aromatic carbocycles. The van der Waals surface area contributed by atoms with Gasteiger partial charge in [0.15, 0.2) is 0 Å². The van der Waals surface area contributed by atoms with E-state index in [1.165, 1.54) is 5.56 Å². The molecular weight excluding hydrogens is 268 g/mol. The number of carboxylic acids is 1. The number of carbonyl (C=O) groups is 1. The van der Waals surface area contributed by atoms with Gasteiger partial charge in [-0.2, -0.15) is 0 Å². The van der Waals surface area contributed by atoms with Crippen molar-refractivity contribution < 1.29 is 9.90 Å². The van der Waals surface area contributed by atoms with Gasteiger partial charge in [0.1, 0.15) is 0 Å². The van der Waals surface area contributed by atoms with E-state index >= 15 is 0 Å². The third-order valence-corrected chi connectivity index (χ3v) is 3.52. The molecular formula is C15H16N4O2. The molecule has 1 aliphatic heterocycles. The van der Waals surface area contributed by atoms with Gasteiger partial charge in [-0.3, -0.25) is 4.90 Å². The highest BCUT2D eigenvalue weighted by Gasteiger charge is 2.19. The molecule has 2 heterocycles. The van der Waals surface area contributed by atoms with Gasteiger partial charge in [0.05, 0.1) is 5.56 Å². The second-order valence-electron chi connectivity index (χ2n) is 5.00. The van der Waals surface area contributed by atoms with Crippen LogP contribution in [0.4, 0.5) is 5.95 Å². The van der Waals surface area contributed by atoms with E-state index in [1.807, 2.05) is 6.07 Å². The molecule has 0 saturated carbocycles. The Balaban J connectivity index is 1.54. The van der Waals surface area contributed by atoms with Crippen LogP contribution in [0.3, 0.4) is 0 Å². The number of hydrogen-bond donors (Lipinski definition) is 2. The first-order valence-electron chi connectivity index (χ1n) is 6.81. The van der Waals surface area contributed by atoms with Gasteiger partial charge in [0, 0.05) is 38.6 Å². The van der Waals surface area contributed by atoms with Crippen LogP contribution in [0, 0.1) is 0 Å². The maximum Gasteiger partial charge on any atom is 0.335 e. The Hall–Kier alpha value is -2.47. The van der Waals surface area contributed by atoms with Gasteiger partial charge >= 0.3 is 5.97 Å². The minimum atomic E-state index is -0.876.